The molecule has 1 rings (SSSR count). The van der Waals surface area contributed by atoms with Crippen molar-refractivity contribution < 1.29 is 9.90 Å². The van der Waals surface area contributed by atoms with Crippen LogP contribution in [0.2, 0.25) is 0 Å². The Balaban J connectivity index is 2.95. The van der Waals surface area contributed by atoms with Crippen molar-refractivity contribution in [2.45, 2.75) is 32.7 Å². The normalized spacial score (nSPS) is 10.6. The summed E-state index contributed by atoms with van der Waals surface area (Å²) >= 11 is 0. The Morgan fingerprint density at radius 1 is 1.53 bits per heavy atom. The van der Waals surface area contributed by atoms with E-state index in [2.05, 4.69) is 0 Å². The molecule has 1 aromatic heterocycles. The minimum absolute atomic E-state index is 0.00263. The fourth-order valence-corrected chi connectivity index (χ4v) is 1.40. The molecule has 0 spiro atoms. The number of carboxylic acid groups (broad SMARTS) is 1. The molecule has 15 heavy (non-hydrogen) atoms. The van der Waals surface area contributed by atoms with Crippen LogP contribution in [0.5, 0.6) is 0 Å². The van der Waals surface area contributed by atoms with E-state index >= 15 is 0 Å². The molecule has 1 N–H and O–H groups in total. The minimum atomic E-state index is -0.880. The van der Waals surface area contributed by atoms with E-state index in [1.54, 1.807) is 22.9 Å². The average Bonchev–Trinajstić information content (AvgIpc) is 2.15. The van der Waals surface area contributed by atoms with E-state index < -0.39 is 5.97 Å². The summed E-state index contributed by atoms with van der Waals surface area (Å²) in [5, 5.41) is 8.54. The highest BCUT2D eigenvalue weighted by Gasteiger charge is 2.07. The predicted octanol–water partition coefficient (Wildman–Crippen LogP) is 1.45. The molecule has 0 saturated heterocycles. The first-order chi connectivity index (χ1) is 7.02. The van der Waals surface area contributed by atoms with Crippen molar-refractivity contribution in [1.82, 2.24) is 4.57 Å². The van der Waals surface area contributed by atoms with Crippen molar-refractivity contribution in [2.75, 3.05) is 0 Å². The number of hydrogen-bond donors (Lipinski definition) is 1. The van der Waals surface area contributed by atoms with Gasteiger partial charge < -0.3 is 9.67 Å². The summed E-state index contributed by atoms with van der Waals surface area (Å²) in [4.78, 5) is 22.2. The van der Waals surface area contributed by atoms with Crippen LogP contribution < -0.4 is 5.56 Å². The summed E-state index contributed by atoms with van der Waals surface area (Å²) in [6.07, 6.45) is 2.01. The van der Waals surface area contributed by atoms with Gasteiger partial charge in [0.2, 0.25) is 0 Å². The molecule has 0 fully saturated rings. The van der Waals surface area contributed by atoms with Gasteiger partial charge in [-0.2, -0.15) is 0 Å². The first-order valence-corrected chi connectivity index (χ1v) is 4.94. The highest BCUT2D eigenvalue weighted by molar-refractivity contribution is 5.67. The highest BCUT2D eigenvalue weighted by atomic mass is 16.4. The van der Waals surface area contributed by atoms with Gasteiger partial charge in [-0.15, -0.1) is 0 Å². The summed E-state index contributed by atoms with van der Waals surface area (Å²) < 4.78 is 1.61. The maximum absolute atomic E-state index is 11.8. The van der Waals surface area contributed by atoms with Gasteiger partial charge in [-0.05, 0) is 26.3 Å². The largest absolute Gasteiger partial charge is 0.481 e. The zero-order valence-corrected chi connectivity index (χ0v) is 8.93. The van der Waals surface area contributed by atoms with Gasteiger partial charge in [-0.3, -0.25) is 9.59 Å². The molecule has 0 atom stereocenters. The van der Waals surface area contributed by atoms with Crippen LogP contribution in [0, 0.1) is 0 Å². The van der Waals surface area contributed by atoms with E-state index in [0.29, 0.717) is 12.0 Å². The van der Waals surface area contributed by atoms with E-state index in [4.69, 9.17) is 5.11 Å². The van der Waals surface area contributed by atoms with E-state index in [0.717, 1.165) is 0 Å². The Bertz CT molecular complexity index is 407. The van der Waals surface area contributed by atoms with E-state index in [9.17, 15) is 9.59 Å². The third kappa shape index (κ3) is 2.94. The van der Waals surface area contributed by atoms with Crippen molar-refractivity contribution in [3.63, 3.8) is 0 Å². The lowest BCUT2D eigenvalue weighted by Gasteiger charge is -2.10. The summed E-state index contributed by atoms with van der Waals surface area (Å²) in [6.45, 7) is 3.84. The van der Waals surface area contributed by atoms with Crippen molar-refractivity contribution in [3.8, 4) is 0 Å². The Morgan fingerprint density at radius 3 is 2.73 bits per heavy atom. The van der Waals surface area contributed by atoms with Gasteiger partial charge in [0.05, 0.1) is 0 Å². The molecule has 0 radical (unpaired) electrons. The molecule has 0 aliphatic rings. The molecule has 0 bridgehead atoms. The van der Waals surface area contributed by atoms with Crippen molar-refractivity contribution in [2.24, 2.45) is 0 Å². The van der Waals surface area contributed by atoms with E-state index in [1.165, 1.54) is 0 Å². The van der Waals surface area contributed by atoms with Crippen LogP contribution in [0.4, 0.5) is 0 Å². The standard InChI is InChI=1S/C11H15NO3/c1-8(2)12-7-3-4-9(11(12)15)5-6-10(13)14/h3-4,7-8H,5-6H2,1-2H3,(H,13,14). The Kier molecular flexibility index (Phi) is 3.66. The Morgan fingerprint density at radius 2 is 2.20 bits per heavy atom. The third-order valence-electron chi connectivity index (χ3n) is 2.22. The monoisotopic (exact) mass is 209 g/mol. The molecule has 82 valence electrons. The number of aryl methyl sites for hydroxylation is 1. The van der Waals surface area contributed by atoms with Crippen LogP contribution in [0.1, 0.15) is 31.9 Å². The molecule has 0 aliphatic carbocycles. The van der Waals surface area contributed by atoms with Gasteiger partial charge in [0.25, 0.3) is 5.56 Å². The fourth-order valence-electron chi connectivity index (χ4n) is 1.40. The second-order valence-corrected chi connectivity index (χ2v) is 3.73. The first kappa shape index (κ1) is 11.5. The summed E-state index contributed by atoms with van der Waals surface area (Å²) in [5.41, 5.74) is 0.474. The number of aromatic nitrogens is 1. The maximum atomic E-state index is 11.8. The summed E-state index contributed by atoms with van der Waals surface area (Å²) in [5.74, 6) is -0.880. The Hall–Kier alpha value is -1.58. The van der Waals surface area contributed by atoms with Crippen LogP contribution in [-0.2, 0) is 11.2 Å². The van der Waals surface area contributed by atoms with Gasteiger partial charge in [0.1, 0.15) is 0 Å². The van der Waals surface area contributed by atoms with Crippen molar-refractivity contribution >= 4 is 5.97 Å². The molecule has 0 aromatic carbocycles. The third-order valence-corrected chi connectivity index (χ3v) is 2.22. The molecule has 4 heteroatoms. The number of aliphatic carboxylic acids is 1. The molecular formula is C11H15NO3. The van der Waals surface area contributed by atoms with Crippen LogP contribution >= 0.6 is 0 Å². The smallest absolute Gasteiger partial charge is 0.303 e. The van der Waals surface area contributed by atoms with Gasteiger partial charge in [-0.25, -0.2) is 0 Å². The lowest BCUT2D eigenvalue weighted by molar-refractivity contribution is -0.136. The topological polar surface area (TPSA) is 59.3 Å². The van der Waals surface area contributed by atoms with Gasteiger partial charge in [0.15, 0.2) is 0 Å². The Labute approximate surface area is 88.2 Å². The number of hydrogen-bond acceptors (Lipinski definition) is 2. The SMILES string of the molecule is CC(C)n1cccc(CCC(=O)O)c1=O. The average molecular weight is 209 g/mol. The second-order valence-electron chi connectivity index (χ2n) is 3.73. The van der Waals surface area contributed by atoms with Gasteiger partial charge >= 0.3 is 5.97 Å². The first-order valence-electron chi connectivity index (χ1n) is 4.94. The number of carbonyl (C=O) groups is 1. The highest BCUT2D eigenvalue weighted by Crippen LogP contribution is 2.02. The summed E-state index contributed by atoms with van der Waals surface area (Å²) in [6, 6.07) is 3.56. The number of rotatable bonds is 4. The summed E-state index contributed by atoms with van der Waals surface area (Å²) in [7, 11) is 0. The van der Waals surface area contributed by atoms with Gasteiger partial charge in [0, 0.05) is 24.2 Å². The fraction of sp³-hybridized carbons (Fsp3) is 0.455. The zero-order chi connectivity index (χ0) is 11.4. The molecule has 0 amide bonds. The lowest BCUT2D eigenvalue weighted by atomic mass is 10.1. The predicted molar refractivity (Wildman–Crippen MR) is 57.0 cm³/mol. The molecule has 0 saturated carbocycles. The van der Waals surface area contributed by atoms with Crippen LogP contribution in [0.25, 0.3) is 0 Å². The number of nitrogens with zero attached hydrogens (tertiary/aromatic N) is 1. The molecule has 1 aromatic rings. The number of pyridine rings is 1. The quantitative estimate of drug-likeness (QED) is 0.816. The molecule has 0 aliphatic heterocycles. The molecular weight excluding hydrogens is 194 g/mol. The van der Waals surface area contributed by atoms with Crippen LogP contribution in [-0.4, -0.2) is 15.6 Å². The van der Waals surface area contributed by atoms with Crippen LogP contribution in [0.3, 0.4) is 0 Å². The molecule has 1 heterocycles. The van der Waals surface area contributed by atoms with Crippen molar-refractivity contribution in [1.29, 1.82) is 0 Å². The second kappa shape index (κ2) is 4.77. The molecule has 4 nitrogen and oxygen atoms in total. The van der Waals surface area contributed by atoms with Crippen LogP contribution in [0.15, 0.2) is 23.1 Å². The maximum Gasteiger partial charge on any atom is 0.303 e. The van der Waals surface area contributed by atoms with E-state index in [-0.39, 0.29) is 18.0 Å². The van der Waals surface area contributed by atoms with Crippen molar-refractivity contribution in [3.05, 3.63) is 34.2 Å². The molecule has 0 unspecified atom stereocenters. The zero-order valence-electron chi connectivity index (χ0n) is 8.93. The minimum Gasteiger partial charge on any atom is -0.481 e. The van der Waals surface area contributed by atoms with E-state index in [1.807, 2.05) is 13.8 Å². The van der Waals surface area contributed by atoms with Gasteiger partial charge in [-0.1, -0.05) is 6.07 Å². The number of carboxylic acids is 1. The lowest BCUT2D eigenvalue weighted by Crippen LogP contribution is -2.24.